The standard InChI is InChI=1S/C21H31N3O5S/c1-15(22-19(26)29-20(2,3)4)18(25)23-12-10-21(11-13-23)14-24(30(5,27)28)17-9-7-6-8-16(17)21/h6-9,15H,10-14H2,1-5H3,(H,22,26). The fourth-order valence-corrected chi connectivity index (χ4v) is 5.28. The summed E-state index contributed by atoms with van der Waals surface area (Å²) in [6.45, 7) is 8.36. The molecule has 0 aliphatic carbocycles. The number of amides is 2. The van der Waals surface area contributed by atoms with Crippen LogP contribution >= 0.6 is 0 Å². The van der Waals surface area contributed by atoms with E-state index in [2.05, 4.69) is 5.32 Å². The Hall–Kier alpha value is -2.29. The monoisotopic (exact) mass is 437 g/mol. The first kappa shape index (κ1) is 22.4. The van der Waals surface area contributed by atoms with E-state index in [1.807, 2.05) is 24.3 Å². The summed E-state index contributed by atoms with van der Waals surface area (Å²) >= 11 is 0. The number of piperidine rings is 1. The molecule has 1 fully saturated rings. The fraction of sp³-hybridized carbons (Fsp3) is 0.619. The fourth-order valence-electron chi connectivity index (χ4n) is 4.28. The van der Waals surface area contributed by atoms with Crippen molar-refractivity contribution in [2.24, 2.45) is 0 Å². The molecule has 0 aromatic heterocycles. The first-order valence-electron chi connectivity index (χ1n) is 10.2. The van der Waals surface area contributed by atoms with Crippen molar-refractivity contribution in [3.8, 4) is 0 Å². The minimum absolute atomic E-state index is 0.165. The van der Waals surface area contributed by atoms with Crippen LogP contribution in [0.3, 0.4) is 0 Å². The lowest BCUT2D eigenvalue weighted by molar-refractivity contribution is -0.134. The van der Waals surface area contributed by atoms with Gasteiger partial charge >= 0.3 is 6.09 Å². The topological polar surface area (TPSA) is 96.0 Å². The van der Waals surface area contributed by atoms with E-state index in [4.69, 9.17) is 4.74 Å². The zero-order valence-electron chi connectivity index (χ0n) is 18.3. The maximum atomic E-state index is 12.8. The molecule has 166 valence electrons. The number of ether oxygens (including phenoxy) is 1. The highest BCUT2D eigenvalue weighted by Crippen LogP contribution is 2.47. The van der Waals surface area contributed by atoms with Crippen LogP contribution in [0.15, 0.2) is 24.3 Å². The number of anilines is 1. The molecule has 2 aliphatic rings. The molecule has 0 bridgehead atoms. The largest absolute Gasteiger partial charge is 0.444 e. The van der Waals surface area contributed by atoms with Gasteiger partial charge < -0.3 is 15.0 Å². The number of benzene rings is 1. The summed E-state index contributed by atoms with van der Waals surface area (Å²) in [7, 11) is -3.37. The van der Waals surface area contributed by atoms with Crippen LogP contribution in [0.1, 0.15) is 46.1 Å². The van der Waals surface area contributed by atoms with E-state index >= 15 is 0 Å². The second-order valence-corrected chi connectivity index (χ2v) is 11.2. The van der Waals surface area contributed by atoms with E-state index < -0.39 is 27.8 Å². The van der Waals surface area contributed by atoms with Gasteiger partial charge in [0.05, 0.1) is 11.9 Å². The van der Waals surface area contributed by atoms with E-state index in [1.165, 1.54) is 10.6 Å². The molecule has 3 rings (SSSR count). The molecule has 1 aromatic carbocycles. The Bertz CT molecular complexity index is 930. The molecule has 1 N–H and O–H groups in total. The van der Waals surface area contributed by atoms with Gasteiger partial charge in [0.15, 0.2) is 0 Å². The Kier molecular flexibility index (Phi) is 5.79. The molecule has 1 unspecified atom stereocenters. The molecular weight excluding hydrogens is 406 g/mol. The molecule has 30 heavy (non-hydrogen) atoms. The summed E-state index contributed by atoms with van der Waals surface area (Å²) in [4.78, 5) is 26.5. The molecule has 0 radical (unpaired) electrons. The first-order valence-corrected chi connectivity index (χ1v) is 12.0. The molecule has 1 spiro atoms. The Labute approximate surface area is 178 Å². The number of rotatable bonds is 3. The van der Waals surface area contributed by atoms with Gasteiger partial charge in [-0.15, -0.1) is 0 Å². The quantitative estimate of drug-likeness (QED) is 0.782. The molecular formula is C21H31N3O5S. The highest BCUT2D eigenvalue weighted by molar-refractivity contribution is 7.92. The second-order valence-electron chi connectivity index (χ2n) is 9.26. The maximum Gasteiger partial charge on any atom is 0.408 e. The number of nitrogens with one attached hydrogen (secondary N) is 1. The van der Waals surface area contributed by atoms with Crippen molar-refractivity contribution in [3.05, 3.63) is 29.8 Å². The number of likely N-dealkylation sites (tertiary alicyclic amines) is 1. The number of hydrogen-bond acceptors (Lipinski definition) is 5. The third kappa shape index (κ3) is 4.55. The lowest BCUT2D eigenvalue weighted by atomic mass is 9.74. The number of sulfonamides is 1. The maximum absolute atomic E-state index is 12.8. The predicted molar refractivity (Wildman–Crippen MR) is 115 cm³/mol. The molecule has 1 atom stereocenters. The van der Waals surface area contributed by atoms with Crippen LogP contribution in [0.2, 0.25) is 0 Å². The van der Waals surface area contributed by atoms with Gasteiger partial charge in [0, 0.05) is 25.0 Å². The van der Waals surface area contributed by atoms with Gasteiger partial charge in [0.25, 0.3) is 0 Å². The minimum Gasteiger partial charge on any atom is -0.444 e. The number of para-hydroxylation sites is 1. The van der Waals surface area contributed by atoms with Gasteiger partial charge in [-0.1, -0.05) is 18.2 Å². The number of hydrogen-bond donors (Lipinski definition) is 1. The van der Waals surface area contributed by atoms with Crippen LogP contribution < -0.4 is 9.62 Å². The predicted octanol–water partition coefficient (Wildman–Crippen LogP) is 2.24. The van der Waals surface area contributed by atoms with Gasteiger partial charge in [0.2, 0.25) is 15.9 Å². The molecule has 8 nitrogen and oxygen atoms in total. The lowest BCUT2D eigenvalue weighted by Crippen LogP contribution is -2.53. The van der Waals surface area contributed by atoms with Crippen LogP contribution in [0.25, 0.3) is 0 Å². The second kappa shape index (κ2) is 7.76. The highest BCUT2D eigenvalue weighted by Gasteiger charge is 2.47. The average molecular weight is 438 g/mol. The van der Waals surface area contributed by atoms with E-state index in [-0.39, 0.29) is 11.3 Å². The minimum atomic E-state index is -3.37. The number of fused-ring (bicyclic) bond motifs is 2. The first-order chi connectivity index (χ1) is 13.8. The summed E-state index contributed by atoms with van der Waals surface area (Å²) in [5.41, 5.74) is 0.839. The Morgan fingerprint density at radius 1 is 1.17 bits per heavy atom. The Balaban J connectivity index is 1.67. The lowest BCUT2D eigenvalue weighted by Gasteiger charge is -2.40. The van der Waals surface area contributed by atoms with Crippen molar-refractivity contribution in [1.29, 1.82) is 0 Å². The molecule has 2 amide bonds. The van der Waals surface area contributed by atoms with Crippen molar-refractivity contribution < 1.29 is 22.7 Å². The van der Waals surface area contributed by atoms with Crippen molar-refractivity contribution in [1.82, 2.24) is 10.2 Å². The zero-order chi connectivity index (χ0) is 22.3. The van der Waals surface area contributed by atoms with E-state index in [0.717, 1.165) is 11.3 Å². The van der Waals surface area contributed by atoms with Crippen LogP contribution in [0, 0.1) is 0 Å². The van der Waals surface area contributed by atoms with Gasteiger partial charge in [-0.05, 0) is 52.2 Å². The summed E-state index contributed by atoms with van der Waals surface area (Å²) in [6.07, 6.45) is 1.94. The van der Waals surface area contributed by atoms with Crippen LogP contribution in [0.4, 0.5) is 10.5 Å². The number of carbonyl (C=O) groups excluding carboxylic acids is 2. The third-order valence-electron chi connectivity index (χ3n) is 5.73. The number of nitrogens with zero attached hydrogens (tertiary/aromatic N) is 2. The Morgan fingerprint density at radius 2 is 1.77 bits per heavy atom. The molecule has 2 heterocycles. The molecule has 2 aliphatic heterocycles. The Morgan fingerprint density at radius 3 is 2.33 bits per heavy atom. The molecule has 0 saturated carbocycles. The average Bonchev–Trinajstić information content (AvgIpc) is 2.95. The van der Waals surface area contributed by atoms with Crippen molar-refractivity contribution in [2.45, 2.75) is 57.6 Å². The van der Waals surface area contributed by atoms with E-state index in [0.29, 0.717) is 32.5 Å². The normalized spacial score (nSPS) is 19.4. The number of carbonyl (C=O) groups is 2. The molecule has 1 aromatic rings. The van der Waals surface area contributed by atoms with E-state index in [1.54, 1.807) is 32.6 Å². The van der Waals surface area contributed by atoms with Crippen molar-refractivity contribution in [3.63, 3.8) is 0 Å². The summed E-state index contributed by atoms with van der Waals surface area (Å²) in [5.74, 6) is -0.165. The van der Waals surface area contributed by atoms with Gasteiger partial charge in [0.1, 0.15) is 11.6 Å². The van der Waals surface area contributed by atoms with E-state index in [9.17, 15) is 18.0 Å². The van der Waals surface area contributed by atoms with Crippen molar-refractivity contribution in [2.75, 3.05) is 30.2 Å². The summed E-state index contributed by atoms with van der Waals surface area (Å²) in [6, 6.07) is 6.91. The van der Waals surface area contributed by atoms with Gasteiger partial charge in [-0.3, -0.25) is 9.10 Å². The summed E-state index contributed by atoms with van der Waals surface area (Å²) in [5, 5.41) is 2.60. The SMILES string of the molecule is CC(NC(=O)OC(C)(C)C)C(=O)N1CCC2(CC1)CN(S(C)(=O)=O)c1ccccc12. The summed E-state index contributed by atoms with van der Waals surface area (Å²) < 4.78 is 31.3. The van der Waals surface area contributed by atoms with Crippen molar-refractivity contribution >= 4 is 27.7 Å². The van der Waals surface area contributed by atoms with Gasteiger partial charge in [-0.25, -0.2) is 13.2 Å². The van der Waals surface area contributed by atoms with Crippen LogP contribution in [-0.2, 0) is 25.0 Å². The smallest absolute Gasteiger partial charge is 0.408 e. The number of alkyl carbamates (subject to hydrolysis) is 1. The molecule has 9 heteroatoms. The van der Waals surface area contributed by atoms with Crippen LogP contribution in [0.5, 0.6) is 0 Å². The third-order valence-corrected chi connectivity index (χ3v) is 6.85. The zero-order valence-corrected chi connectivity index (χ0v) is 19.1. The van der Waals surface area contributed by atoms with Gasteiger partial charge in [-0.2, -0.15) is 0 Å². The van der Waals surface area contributed by atoms with Crippen LogP contribution in [-0.4, -0.2) is 62.9 Å². The highest BCUT2D eigenvalue weighted by atomic mass is 32.2. The molecule has 1 saturated heterocycles.